The number of aromatic nitrogens is 4. The van der Waals surface area contributed by atoms with E-state index in [2.05, 4.69) is 21.5 Å². The van der Waals surface area contributed by atoms with Crippen LogP contribution in [0.2, 0.25) is 0 Å². The Kier molecular flexibility index (Phi) is 8.21. The molecule has 4 aromatic rings. The van der Waals surface area contributed by atoms with Gasteiger partial charge in [-0.05, 0) is 51.1 Å². The number of carbonyl (C=O) groups is 1. The summed E-state index contributed by atoms with van der Waals surface area (Å²) in [6.45, 7) is 8.59. The molecule has 5 rings (SSSR count). The van der Waals surface area contributed by atoms with Crippen LogP contribution in [0.4, 0.5) is 27.8 Å². The van der Waals surface area contributed by atoms with Gasteiger partial charge in [-0.1, -0.05) is 12.6 Å². The van der Waals surface area contributed by atoms with E-state index in [9.17, 15) is 31.2 Å². The minimum absolute atomic E-state index is 0.00830. The smallest absolute Gasteiger partial charge is 0.349 e. The summed E-state index contributed by atoms with van der Waals surface area (Å²) in [5.74, 6) is -3.24. The van der Waals surface area contributed by atoms with Gasteiger partial charge in [0.1, 0.15) is 17.3 Å². The number of anilines is 1. The molecule has 0 unspecified atom stereocenters. The van der Waals surface area contributed by atoms with Crippen LogP contribution in [0.5, 0.6) is 0 Å². The lowest BCUT2D eigenvalue weighted by Crippen LogP contribution is -2.58. The van der Waals surface area contributed by atoms with Crippen LogP contribution in [-0.2, 0) is 20.8 Å². The number of hydrogen-bond donors (Lipinski definition) is 0. The highest BCUT2D eigenvalue weighted by Gasteiger charge is 2.38. The fourth-order valence-electron chi connectivity index (χ4n) is 5.65. The number of piperazine rings is 1. The monoisotopic (exact) mass is 662 g/mol. The quantitative estimate of drug-likeness (QED) is 0.227. The number of carbonyl (C=O) groups excluding carboxylic acids is 1. The maximum Gasteiger partial charge on any atom is 0.417 e. The molecule has 16 heteroatoms. The molecule has 0 spiro atoms. The first-order chi connectivity index (χ1) is 21.4. The third kappa shape index (κ3) is 5.61. The van der Waals surface area contributed by atoms with Gasteiger partial charge in [0, 0.05) is 37.6 Å². The van der Waals surface area contributed by atoms with E-state index in [1.54, 1.807) is 23.6 Å². The summed E-state index contributed by atoms with van der Waals surface area (Å²) >= 11 is 0. The number of aryl methyl sites for hydroxylation is 1. The first-order valence-corrected chi connectivity index (χ1v) is 15.7. The van der Waals surface area contributed by atoms with Gasteiger partial charge in [0.25, 0.3) is 0 Å². The second-order valence-electron chi connectivity index (χ2n) is 11.0. The molecule has 1 aliphatic heterocycles. The zero-order valence-electron chi connectivity index (χ0n) is 24.9. The van der Waals surface area contributed by atoms with Crippen LogP contribution in [0, 0.1) is 18.6 Å². The van der Waals surface area contributed by atoms with Crippen LogP contribution in [-0.4, -0.2) is 70.2 Å². The Hall–Kier alpha value is -4.73. The van der Waals surface area contributed by atoms with Crippen molar-refractivity contribution in [3.05, 3.63) is 82.6 Å². The highest BCUT2D eigenvalue weighted by molar-refractivity contribution is 7.90. The van der Waals surface area contributed by atoms with Gasteiger partial charge < -0.3 is 9.80 Å². The first kappa shape index (κ1) is 32.7. The number of nitrogens with zero attached hydrogens (tertiary/aromatic N) is 6. The Labute approximate surface area is 259 Å². The summed E-state index contributed by atoms with van der Waals surface area (Å²) in [5, 5.41) is -0.184. The number of pyridine rings is 2. The normalized spacial score (nSPS) is 17.4. The van der Waals surface area contributed by atoms with Crippen molar-refractivity contribution in [2.75, 3.05) is 24.2 Å². The predicted molar refractivity (Wildman–Crippen MR) is 159 cm³/mol. The molecule has 242 valence electrons. The fourth-order valence-corrected chi connectivity index (χ4v) is 6.55. The molecular weight excluding hydrogens is 635 g/mol. The third-order valence-corrected chi connectivity index (χ3v) is 8.89. The second-order valence-corrected chi connectivity index (χ2v) is 12.9. The lowest BCUT2D eigenvalue weighted by atomic mass is 10.0. The number of rotatable bonds is 5. The summed E-state index contributed by atoms with van der Waals surface area (Å²) in [4.78, 5) is 41.5. The van der Waals surface area contributed by atoms with Crippen LogP contribution in [0.25, 0.3) is 28.0 Å². The van der Waals surface area contributed by atoms with Crippen LogP contribution < -0.4 is 10.6 Å². The van der Waals surface area contributed by atoms with E-state index >= 15 is 8.78 Å². The highest BCUT2D eigenvalue weighted by Crippen LogP contribution is 2.40. The van der Waals surface area contributed by atoms with Crippen molar-refractivity contribution in [1.82, 2.24) is 24.4 Å². The van der Waals surface area contributed by atoms with Gasteiger partial charge in [0.15, 0.2) is 21.3 Å². The Balaban J connectivity index is 1.90. The van der Waals surface area contributed by atoms with Crippen molar-refractivity contribution in [3.63, 3.8) is 0 Å². The Morgan fingerprint density at radius 2 is 1.76 bits per heavy atom. The predicted octanol–water partition coefficient (Wildman–Crippen LogP) is 4.46. The number of hydrogen-bond acceptors (Lipinski definition) is 8. The van der Waals surface area contributed by atoms with Crippen LogP contribution in [0.1, 0.15) is 25.1 Å². The molecule has 0 bridgehead atoms. The minimum Gasteiger partial charge on any atom is -0.349 e. The van der Waals surface area contributed by atoms with Crippen molar-refractivity contribution < 1.29 is 35.2 Å². The molecule has 2 atom stereocenters. The molecule has 1 aliphatic rings. The lowest BCUT2D eigenvalue weighted by molar-refractivity contribution is -0.137. The van der Waals surface area contributed by atoms with Gasteiger partial charge in [-0.2, -0.15) is 18.2 Å². The van der Waals surface area contributed by atoms with E-state index < -0.39 is 67.9 Å². The van der Waals surface area contributed by atoms with Crippen LogP contribution in [0.3, 0.4) is 0 Å². The third-order valence-electron chi connectivity index (χ3n) is 7.77. The molecule has 1 aromatic carbocycles. The average Bonchev–Trinajstić information content (AvgIpc) is 2.96. The molecule has 0 N–H and O–H groups in total. The van der Waals surface area contributed by atoms with Gasteiger partial charge >= 0.3 is 11.9 Å². The van der Waals surface area contributed by atoms with Crippen LogP contribution >= 0.6 is 0 Å². The van der Waals surface area contributed by atoms with Crippen molar-refractivity contribution in [1.29, 1.82) is 0 Å². The molecule has 4 heterocycles. The van der Waals surface area contributed by atoms with Gasteiger partial charge in [-0.15, -0.1) is 0 Å². The van der Waals surface area contributed by atoms with Gasteiger partial charge in [-0.3, -0.25) is 9.78 Å². The first-order valence-electron chi connectivity index (χ1n) is 13.8. The molecule has 1 amide bonds. The number of benzene rings is 1. The molecule has 46 heavy (non-hydrogen) atoms. The van der Waals surface area contributed by atoms with E-state index in [1.165, 1.54) is 13.1 Å². The summed E-state index contributed by atoms with van der Waals surface area (Å²) in [7, 11) is -4.05. The molecule has 1 fully saturated rings. The van der Waals surface area contributed by atoms with E-state index in [4.69, 9.17) is 0 Å². The van der Waals surface area contributed by atoms with E-state index in [0.29, 0.717) is 12.1 Å². The summed E-state index contributed by atoms with van der Waals surface area (Å²) < 4.78 is 99.4. The van der Waals surface area contributed by atoms with Gasteiger partial charge in [0.05, 0.1) is 32.8 Å². The number of sulfone groups is 1. The van der Waals surface area contributed by atoms with Crippen molar-refractivity contribution >= 4 is 32.6 Å². The summed E-state index contributed by atoms with van der Waals surface area (Å²) in [5.41, 5.74) is -5.67. The maximum absolute atomic E-state index is 16.0. The van der Waals surface area contributed by atoms with Crippen LogP contribution in [0.15, 0.2) is 58.9 Å². The zero-order chi connectivity index (χ0) is 33.9. The zero-order valence-corrected chi connectivity index (χ0v) is 25.7. The minimum atomic E-state index is -5.11. The van der Waals surface area contributed by atoms with E-state index in [1.807, 2.05) is 0 Å². The highest BCUT2D eigenvalue weighted by atomic mass is 32.2. The van der Waals surface area contributed by atoms with Crippen molar-refractivity contribution in [3.8, 4) is 16.9 Å². The van der Waals surface area contributed by atoms with Crippen molar-refractivity contribution in [2.45, 2.75) is 43.9 Å². The Morgan fingerprint density at radius 3 is 2.39 bits per heavy atom. The molecule has 10 nitrogen and oxygen atoms in total. The average molecular weight is 663 g/mol. The number of halogens is 5. The lowest BCUT2D eigenvalue weighted by Gasteiger charge is -2.44. The van der Waals surface area contributed by atoms with Crippen molar-refractivity contribution in [2.24, 2.45) is 0 Å². The van der Waals surface area contributed by atoms with E-state index in [-0.39, 0.29) is 46.5 Å². The molecular formula is C30H27F5N6O4S. The number of fused-ring (bicyclic) bond motifs is 1. The summed E-state index contributed by atoms with van der Waals surface area (Å²) in [6.07, 6.45) is -1.89. The summed E-state index contributed by atoms with van der Waals surface area (Å²) in [6, 6.07) is 3.04. The molecule has 0 radical (unpaired) electrons. The maximum atomic E-state index is 16.0. The topological polar surface area (TPSA) is 118 Å². The fraction of sp³-hybridized carbons (Fsp3) is 0.300. The standard InChI is InChI=1S/C30H27F5N6O4S/c1-6-23(42)39-13-16(3)40(14-15(39)2)27-18-12-21(32)25(24-19(30(33,34)35)8-7-9-20(24)31)37-28(18)41(29(43)38-27)26-17(4)36-11-10-22(26)46(5,44)45/h6-12,15-16H,1,13-14H2,2-5H3/t15-,16+/m1/s1. The molecule has 3 aromatic heterocycles. The molecule has 0 aliphatic carbocycles. The molecule has 1 saturated heterocycles. The molecule has 0 saturated carbocycles. The number of alkyl halides is 3. The van der Waals surface area contributed by atoms with E-state index in [0.717, 1.165) is 35.1 Å². The Morgan fingerprint density at radius 1 is 1.07 bits per heavy atom. The second kappa shape index (κ2) is 11.6. The number of amides is 1. The largest absolute Gasteiger partial charge is 0.417 e. The van der Waals surface area contributed by atoms with Gasteiger partial charge in [-0.25, -0.2) is 31.5 Å². The SMILES string of the molecule is C=CC(=O)N1C[C@H](C)N(c2nc(=O)n(-c3c(S(C)(=O)=O)ccnc3C)c3nc(-c4c(F)cccc4C(F)(F)F)c(F)cc23)C[C@H]1C. The van der Waals surface area contributed by atoms with Gasteiger partial charge in [0.2, 0.25) is 5.91 Å². The Bertz CT molecular complexity index is 2080.